The van der Waals surface area contributed by atoms with Crippen molar-refractivity contribution in [2.45, 2.75) is 39.7 Å². The van der Waals surface area contributed by atoms with Crippen LogP contribution in [0, 0.1) is 11.3 Å². The summed E-state index contributed by atoms with van der Waals surface area (Å²) in [6.07, 6.45) is 6.84. The number of aliphatic hydroxyl groups excluding tert-OH is 1. The first-order valence-corrected chi connectivity index (χ1v) is 8.85. The molecule has 1 N–H and O–H groups in total. The van der Waals surface area contributed by atoms with Crippen molar-refractivity contribution >= 4 is 0 Å². The minimum atomic E-state index is -0.325. The highest BCUT2D eigenvalue weighted by atomic mass is 16.5. The van der Waals surface area contributed by atoms with E-state index in [1.165, 1.54) is 5.57 Å². The number of hydrogen-bond acceptors (Lipinski definition) is 3. The summed E-state index contributed by atoms with van der Waals surface area (Å²) >= 11 is 0. The molecule has 136 valence electrons. The van der Waals surface area contributed by atoms with Gasteiger partial charge in [0.15, 0.2) is 0 Å². The second-order valence-electron chi connectivity index (χ2n) is 7.25. The summed E-state index contributed by atoms with van der Waals surface area (Å²) in [7, 11) is 0. The third kappa shape index (κ3) is 4.55. The van der Waals surface area contributed by atoms with Gasteiger partial charge in [-0.2, -0.15) is 0 Å². The summed E-state index contributed by atoms with van der Waals surface area (Å²) < 4.78 is 11.5. The van der Waals surface area contributed by atoms with E-state index in [2.05, 4.69) is 46.1 Å². The number of aliphatic hydroxyl groups is 1. The van der Waals surface area contributed by atoms with E-state index in [0.29, 0.717) is 13.2 Å². The molecule has 1 aliphatic rings. The normalized spacial score (nSPS) is 22.0. The number of benzene rings is 1. The second kappa shape index (κ2) is 8.39. The molecule has 1 aromatic carbocycles. The van der Waals surface area contributed by atoms with E-state index in [-0.39, 0.29) is 17.4 Å². The molecule has 0 spiro atoms. The maximum atomic E-state index is 10.4. The van der Waals surface area contributed by atoms with Crippen LogP contribution in [-0.4, -0.2) is 24.4 Å². The van der Waals surface area contributed by atoms with Gasteiger partial charge in [-0.1, -0.05) is 56.9 Å². The topological polar surface area (TPSA) is 38.7 Å². The van der Waals surface area contributed by atoms with Crippen LogP contribution in [0.15, 0.2) is 55.2 Å². The lowest BCUT2D eigenvalue weighted by molar-refractivity contribution is 0.0109. The van der Waals surface area contributed by atoms with Crippen LogP contribution in [0.2, 0.25) is 0 Å². The second-order valence-corrected chi connectivity index (χ2v) is 7.25. The average Bonchev–Trinajstić information content (AvgIpc) is 2.59. The minimum Gasteiger partial charge on any atom is -0.489 e. The van der Waals surface area contributed by atoms with Gasteiger partial charge in [-0.15, -0.1) is 0 Å². The molecule has 25 heavy (non-hydrogen) atoms. The Morgan fingerprint density at radius 3 is 2.56 bits per heavy atom. The van der Waals surface area contributed by atoms with Crippen molar-refractivity contribution in [3.63, 3.8) is 0 Å². The third-order valence-electron chi connectivity index (χ3n) is 5.16. The molecule has 0 fully saturated rings. The van der Waals surface area contributed by atoms with E-state index in [1.54, 1.807) is 12.2 Å². The molecule has 0 saturated heterocycles. The lowest BCUT2D eigenvalue weighted by Crippen LogP contribution is -2.40. The van der Waals surface area contributed by atoms with Crippen LogP contribution in [0.3, 0.4) is 0 Å². The van der Waals surface area contributed by atoms with E-state index in [9.17, 15) is 5.11 Å². The first-order valence-electron chi connectivity index (χ1n) is 8.85. The van der Waals surface area contributed by atoms with Crippen LogP contribution >= 0.6 is 0 Å². The predicted octanol–water partition coefficient (Wildman–Crippen LogP) is 4.71. The van der Waals surface area contributed by atoms with Crippen molar-refractivity contribution in [1.82, 2.24) is 0 Å². The summed E-state index contributed by atoms with van der Waals surface area (Å²) in [6.45, 7) is 14.8. The van der Waals surface area contributed by atoms with Gasteiger partial charge in [0.25, 0.3) is 0 Å². The van der Waals surface area contributed by atoms with E-state index < -0.39 is 0 Å². The van der Waals surface area contributed by atoms with E-state index in [4.69, 9.17) is 9.47 Å². The highest BCUT2D eigenvalue weighted by molar-refractivity contribution is 5.42. The molecule has 2 atom stereocenters. The fourth-order valence-corrected chi connectivity index (χ4v) is 3.44. The largest absolute Gasteiger partial charge is 0.489 e. The average molecular weight is 342 g/mol. The number of rotatable bonds is 8. The molecule has 3 heteroatoms. The molecule has 0 aliphatic heterocycles. The summed E-state index contributed by atoms with van der Waals surface area (Å²) in [4.78, 5) is 0. The van der Waals surface area contributed by atoms with E-state index in [1.807, 2.05) is 12.1 Å². The Kier molecular flexibility index (Phi) is 6.49. The van der Waals surface area contributed by atoms with Crippen molar-refractivity contribution in [3.05, 3.63) is 60.7 Å². The number of hydrogen-bond donors (Lipinski definition) is 1. The Balaban J connectivity index is 2.30. The minimum absolute atomic E-state index is 0.174. The molecule has 0 amide bonds. The fourth-order valence-electron chi connectivity index (χ4n) is 3.44. The Bertz CT molecular complexity index is 643. The fraction of sp³-hybridized carbons (Fsp3) is 0.455. The smallest absolute Gasteiger partial charge is 0.126 e. The van der Waals surface area contributed by atoms with Crippen LogP contribution in [0.4, 0.5) is 0 Å². The van der Waals surface area contributed by atoms with E-state index in [0.717, 1.165) is 29.9 Å². The van der Waals surface area contributed by atoms with Gasteiger partial charge < -0.3 is 14.6 Å². The van der Waals surface area contributed by atoms with Crippen molar-refractivity contribution < 1.29 is 14.6 Å². The molecule has 0 unspecified atom stereocenters. The lowest BCUT2D eigenvalue weighted by Gasteiger charge is -2.42. The summed E-state index contributed by atoms with van der Waals surface area (Å²) in [5.74, 6) is 1.84. The van der Waals surface area contributed by atoms with Crippen LogP contribution < -0.4 is 9.47 Å². The van der Waals surface area contributed by atoms with Crippen LogP contribution in [0.5, 0.6) is 11.5 Å². The summed E-state index contributed by atoms with van der Waals surface area (Å²) in [5, 5.41) is 10.4. The van der Waals surface area contributed by atoms with Crippen LogP contribution in [0.25, 0.3) is 0 Å². The first kappa shape index (κ1) is 19.3. The van der Waals surface area contributed by atoms with E-state index >= 15 is 0 Å². The van der Waals surface area contributed by atoms with Gasteiger partial charge in [0.05, 0.1) is 6.10 Å². The molecule has 0 saturated carbocycles. The summed E-state index contributed by atoms with van der Waals surface area (Å²) in [5.41, 5.74) is 2.27. The SMILES string of the molecule is C=CCOc1ccc(C[C@H]2C(C)=CC[C@@H](O)C2(C)C)c(OCC=C)c1. The lowest BCUT2D eigenvalue weighted by atomic mass is 9.65. The van der Waals surface area contributed by atoms with Crippen molar-refractivity contribution in [1.29, 1.82) is 0 Å². The number of allylic oxidation sites excluding steroid dienone is 1. The van der Waals surface area contributed by atoms with Gasteiger partial charge in [0, 0.05) is 6.07 Å². The maximum absolute atomic E-state index is 10.4. The molecule has 3 nitrogen and oxygen atoms in total. The van der Waals surface area contributed by atoms with Crippen LogP contribution in [0.1, 0.15) is 32.8 Å². The first-order chi connectivity index (χ1) is 11.9. The third-order valence-corrected chi connectivity index (χ3v) is 5.16. The molecule has 0 heterocycles. The molecule has 1 aliphatic carbocycles. The number of ether oxygens (including phenoxy) is 2. The Morgan fingerprint density at radius 1 is 1.20 bits per heavy atom. The predicted molar refractivity (Wildman–Crippen MR) is 103 cm³/mol. The Labute approximate surface area is 151 Å². The van der Waals surface area contributed by atoms with Crippen LogP contribution in [-0.2, 0) is 6.42 Å². The molecule has 2 rings (SSSR count). The van der Waals surface area contributed by atoms with Gasteiger partial charge in [-0.05, 0) is 42.7 Å². The zero-order valence-corrected chi connectivity index (χ0v) is 15.6. The van der Waals surface area contributed by atoms with Crippen molar-refractivity contribution in [2.24, 2.45) is 11.3 Å². The van der Waals surface area contributed by atoms with Gasteiger partial charge in [0.1, 0.15) is 24.7 Å². The monoisotopic (exact) mass is 342 g/mol. The zero-order chi connectivity index (χ0) is 18.4. The summed E-state index contributed by atoms with van der Waals surface area (Å²) in [6, 6.07) is 5.94. The molecule has 0 radical (unpaired) electrons. The Morgan fingerprint density at radius 2 is 1.88 bits per heavy atom. The maximum Gasteiger partial charge on any atom is 0.126 e. The molecular formula is C22H30O3. The molecule has 0 bridgehead atoms. The van der Waals surface area contributed by atoms with Crippen molar-refractivity contribution in [2.75, 3.05) is 13.2 Å². The van der Waals surface area contributed by atoms with Gasteiger partial charge in [0.2, 0.25) is 0 Å². The van der Waals surface area contributed by atoms with Gasteiger partial charge in [-0.25, -0.2) is 0 Å². The molecule has 1 aromatic rings. The highest BCUT2D eigenvalue weighted by Gasteiger charge is 2.39. The van der Waals surface area contributed by atoms with Crippen molar-refractivity contribution in [3.8, 4) is 11.5 Å². The molecular weight excluding hydrogens is 312 g/mol. The Hall–Kier alpha value is -2.00. The highest BCUT2D eigenvalue weighted by Crippen LogP contribution is 2.44. The molecule has 0 aromatic heterocycles. The quantitative estimate of drug-likeness (QED) is 0.695. The van der Waals surface area contributed by atoms with Gasteiger partial charge in [-0.3, -0.25) is 0 Å². The zero-order valence-electron chi connectivity index (χ0n) is 15.6. The standard InChI is InChI=1S/C22H30O3/c1-6-12-24-18-10-9-17(20(15-18)25-13-7-2)14-19-16(3)8-11-21(23)22(19,4)5/h6-10,15,19,21,23H,1-2,11-14H2,3-5H3/t19-,21+/m0/s1. The van der Waals surface area contributed by atoms with Gasteiger partial charge >= 0.3 is 0 Å².